The highest BCUT2D eigenvalue weighted by molar-refractivity contribution is 6.16. The molecule has 132 valence electrons. The van der Waals surface area contributed by atoms with Crippen LogP contribution in [0.5, 0.6) is 0 Å². The minimum atomic E-state index is -1.79. The van der Waals surface area contributed by atoms with E-state index in [-0.39, 0.29) is 22.8 Å². The zero-order valence-corrected chi connectivity index (χ0v) is 14.5. The van der Waals surface area contributed by atoms with E-state index in [9.17, 15) is 14.9 Å². The number of fused-ring (bicyclic) bond motifs is 1. The monoisotopic (exact) mass is 352 g/mol. The summed E-state index contributed by atoms with van der Waals surface area (Å²) in [5.41, 5.74) is 4.72. The highest BCUT2D eigenvalue weighted by atomic mass is 16.7. The Kier molecular flexibility index (Phi) is 3.04. The maximum absolute atomic E-state index is 13.5. The maximum atomic E-state index is 13.5. The molecule has 0 bridgehead atoms. The molecule has 2 heterocycles. The Morgan fingerprint density at radius 2 is 2.00 bits per heavy atom. The van der Waals surface area contributed by atoms with Gasteiger partial charge in [0.25, 0.3) is 0 Å². The zero-order chi connectivity index (χ0) is 18.9. The molecule has 0 saturated heterocycles. The number of Topliss-reactive ketones (excluding diaryl/α,β-unsaturated/α-hetero) is 1. The zero-order valence-electron chi connectivity index (χ0n) is 14.5. The first-order valence-electron chi connectivity index (χ1n) is 8.16. The minimum absolute atomic E-state index is 0.0376. The summed E-state index contributed by atoms with van der Waals surface area (Å²) in [7, 11) is 0. The summed E-state index contributed by atoms with van der Waals surface area (Å²) in [5.74, 6) is -2.92. The van der Waals surface area contributed by atoms with Crippen LogP contribution < -0.4 is 5.73 Å². The van der Waals surface area contributed by atoms with Gasteiger partial charge in [0.05, 0.1) is 6.10 Å². The van der Waals surface area contributed by atoms with E-state index in [1.807, 2.05) is 6.07 Å². The van der Waals surface area contributed by atoms with E-state index in [0.29, 0.717) is 11.1 Å². The van der Waals surface area contributed by atoms with Crippen molar-refractivity contribution in [3.05, 3.63) is 58.2 Å². The van der Waals surface area contributed by atoms with Gasteiger partial charge in [0.15, 0.2) is 11.2 Å². The minimum Gasteiger partial charge on any atom is -0.459 e. The van der Waals surface area contributed by atoms with Crippen LogP contribution >= 0.6 is 0 Å². The van der Waals surface area contributed by atoms with Gasteiger partial charge in [-0.25, -0.2) is 4.79 Å². The fourth-order valence-corrected chi connectivity index (χ4v) is 4.12. The molecule has 3 aliphatic rings. The molecule has 0 spiro atoms. The Hall–Kier alpha value is -3.27. The van der Waals surface area contributed by atoms with Crippen molar-refractivity contribution in [1.29, 1.82) is 5.26 Å². The van der Waals surface area contributed by atoms with Crippen LogP contribution in [0.4, 0.5) is 0 Å². The lowest BCUT2D eigenvalue weighted by Crippen LogP contribution is -2.45. The molecule has 0 radical (unpaired) electrons. The van der Waals surface area contributed by atoms with Gasteiger partial charge < -0.3 is 19.9 Å². The summed E-state index contributed by atoms with van der Waals surface area (Å²) in [6.07, 6.45) is -0.415. The van der Waals surface area contributed by atoms with Crippen molar-refractivity contribution in [2.24, 2.45) is 11.1 Å². The maximum Gasteiger partial charge on any atom is 0.339 e. The molecule has 1 aliphatic carbocycles. The predicted octanol–water partition coefficient (Wildman–Crippen LogP) is 2.00. The van der Waals surface area contributed by atoms with Gasteiger partial charge in [0.1, 0.15) is 23.0 Å². The number of esters is 1. The van der Waals surface area contributed by atoms with Crippen molar-refractivity contribution in [2.45, 2.75) is 32.7 Å². The third-order valence-electron chi connectivity index (χ3n) is 4.92. The van der Waals surface area contributed by atoms with E-state index in [1.165, 1.54) is 0 Å². The van der Waals surface area contributed by atoms with E-state index >= 15 is 0 Å². The van der Waals surface area contributed by atoms with Crippen LogP contribution in [0.2, 0.25) is 0 Å². The molecule has 0 saturated carbocycles. The van der Waals surface area contributed by atoms with Crippen LogP contribution in [0, 0.1) is 16.7 Å². The van der Waals surface area contributed by atoms with Gasteiger partial charge in [-0.05, 0) is 20.8 Å². The number of nitriles is 1. The third kappa shape index (κ3) is 1.53. The highest BCUT2D eigenvalue weighted by Crippen LogP contribution is 2.69. The number of hydrogen-bond donors (Lipinski definition) is 1. The molecule has 0 amide bonds. The van der Waals surface area contributed by atoms with Gasteiger partial charge >= 0.3 is 11.8 Å². The summed E-state index contributed by atoms with van der Waals surface area (Å²) in [6.45, 7) is 4.94. The van der Waals surface area contributed by atoms with Crippen molar-refractivity contribution in [3.8, 4) is 6.07 Å². The lowest BCUT2D eigenvalue weighted by Gasteiger charge is -2.31. The van der Waals surface area contributed by atoms with Crippen LogP contribution in [0.3, 0.4) is 0 Å². The topological polar surface area (TPSA) is 112 Å². The van der Waals surface area contributed by atoms with Gasteiger partial charge in [-0.1, -0.05) is 24.3 Å². The number of hydrogen-bond acceptors (Lipinski definition) is 7. The number of benzene rings is 1. The van der Waals surface area contributed by atoms with E-state index in [0.717, 1.165) is 0 Å². The molecule has 4 rings (SSSR count). The van der Waals surface area contributed by atoms with Crippen molar-refractivity contribution >= 4 is 11.8 Å². The SMILES string of the molecule is CC1=C(C(=O)OC(C)C)[C@]23C(=O)c4ccccc4[C@@]2(O1)OC(N)=C3C#N. The van der Waals surface area contributed by atoms with Gasteiger partial charge in [-0.2, -0.15) is 5.26 Å². The number of carbonyl (C=O) groups is 2. The predicted molar refractivity (Wildman–Crippen MR) is 87.8 cm³/mol. The molecule has 1 aromatic rings. The number of rotatable bonds is 2. The molecule has 0 fully saturated rings. The van der Waals surface area contributed by atoms with Crippen molar-refractivity contribution < 1.29 is 23.8 Å². The second kappa shape index (κ2) is 4.88. The van der Waals surface area contributed by atoms with E-state index in [4.69, 9.17) is 19.9 Å². The number of nitrogens with zero attached hydrogens (tertiary/aromatic N) is 1. The molecule has 26 heavy (non-hydrogen) atoms. The molecule has 2 N–H and O–H groups in total. The Bertz CT molecular complexity index is 984. The van der Waals surface area contributed by atoms with Crippen molar-refractivity contribution in [1.82, 2.24) is 0 Å². The molecule has 0 unspecified atom stereocenters. The summed E-state index contributed by atoms with van der Waals surface area (Å²) in [6, 6.07) is 8.66. The summed E-state index contributed by atoms with van der Waals surface area (Å²) in [4.78, 5) is 26.4. The molecular weight excluding hydrogens is 336 g/mol. The third-order valence-corrected chi connectivity index (χ3v) is 4.92. The number of ketones is 1. The lowest BCUT2D eigenvalue weighted by molar-refractivity contribution is -0.199. The fourth-order valence-electron chi connectivity index (χ4n) is 4.12. The Morgan fingerprint density at radius 3 is 2.65 bits per heavy atom. The van der Waals surface area contributed by atoms with E-state index in [2.05, 4.69) is 0 Å². The molecule has 2 atom stereocenters. The Labute approximate surface area is 149 Å². The van der Waals surface area contributed by atoms with Gasteiger partial charge in [-0.15, -0.1) is 0 Å². The summed E-state index contributed by atoms with van der Waals surface area (Å²) >= 11 is 0. The second-order valence-corrected chi connectivity index (χ2v) is 6.68. The number of allylic oxidation sites excluding steroid dienone is 1. The number of nitrogens with two attached hydrogens (primary N) is 1. The quantitative estimate of drug-likeness (QED) is 0.810. The molecule has 0 aromatic heterocycles. The van der Waals surface area contributed by atoms with Crippen LogP contribution in [-0.4, -0.2) is 17.9 Å². The molecule has 7 nitrogen and oxygen atoms in total. The van der Waals surface area contributed by atoms with Crippen molar-refractivity contribution in [2.75, 3.05) is 0 Å². The van der Waals surface area contributed by atoms with Crippen molar-refractivity contribution in [3.63, 3.8) is 0 Å². The van der Waals surface area contributed by atoms with Gasteiger partial charge in [0, 0.05) is 11.1 Å². The van der Waals surface area contributed by atoms with Gasteiger partial charge in [0.2, 0.25) is 5.88 Å². The number of carbonyl (C=O) groups excluding carboxylic acids is 2. The largest absolute Gasteiger partial charge is 0.459 e. The lowest BCUT2D eigenvalue weighted by atomic mass is 9.69. The molecular formula is C19H16N2O5. The standard InChI is InChI=1S/C19H16N2O5/c1-9(2)24-17(23)14-10(3)25-19-12-7-5-4-6-11(12)15(22)18(14,19)13(8-20)16(21)26-19/h4-7,9H,21H2,1-3H3/t18-,19-/m1/s1. The first kappa shape index (κ1) is 16.2. The fraction of sp³-hybridized carbons (Fsp3) is 0.316. The van der Waals surface area contributed by atoms with Crippen LogP contribution in [0.25, 0.3) is 0 Å². The van der Waals surface area contributed by atoms with Crippen LogP contribution in [0.1, 0.15) is 36.7 Å². The average Bonchev–Trinajstić information content (AvgIpc) is 3.04. The molecule has 2 aliphatic heterocycles. The molecule has 1 aromatic carbocycles. The molecule has 7 heteroatoms. The Morgan fingerprint density at radius 1 is 1.31 bits per heavy atom. The first-order valence-corrected chi connectivity index (χ1v) is 8.16. The second-order valence-electron chi connectivity index (χ2n) is 6.68. The highest BCUT2D eigenvalue weighted by Gasteiger charge is 2.80. The average molecular weight is 352 g/mol. The van der Waals surface area contributed by atoms with Crippen LogP contribution in [0.15, 0.2) is 47.1 Å². The summed E-state index contributed by atoms with van der Waals surface area (Å²) < 4.78 is 17.1. The van der Waals surface area contributed by atoms with E-state index in [1.54, 1.807) is 45.0 Å². The smallest absolute Gasteiger partial charge is 0.339 e. The number of ether oxygens (including phenoxy) is 3. The van der Waals surface area contributed by atoms with Gasteiger partial charge in [-0.3, -0.25) is 4.79 Å². The Balaban J connectivity index is 2.05. The van der Waals surface area contributed by atoms with Crippen LogP contribution in [-0.2, 0) is 24.8 Å². The summed E-state index contributed by atoms with van der Waals surface area (Å²) in [5, 5.41) is 9.74. The van der Waals surface area contributed by atoms with E-state index < -0.39 is 29.1 Å². The normalized spacial score (nSPS) is 28.3. The first-order chi connectivity index (χ1) is 12.3.